The number of hydrogen-bond acceptors (Lipinski definition) is 4. The van der Waals surface area contributed by atoms with Crippen molar-refractivity contribution in [2.45, 2.75) is 12.8 Å². The van der Waals surface area contributed by atoms with Crippen LogP contribution in [0.3, 0.4) is 0 Å². The lowest BCUT2D eigenvalue weighted by atomic mass is 9.80. The van der Waals surface area contributed by atoms with Gasteiger partial charge in [-0.2, -0.15) is 11.8 Å². The Bertz CT molecular complexity index is 343. The van der Waals surface area contributed by atoms with E-state index in [0.717, 1.165) is 11.5 Å². The summed E-state index contributed by atoms with van der Waals surface area (Å²) in [5.74, 6) is 0.783. The molecule has 1 saturated heterocycles. The van der Waals surface area contributed by atoms with Crippen molar-refractivity contribution in [3.8, 4) is 0 Å². The van der Waals surface area contributed by atoms with E-state index in [1.807, 2.05) is 6.08 Å². The van der Waals surface area contributed by atoms with Gasteiger partial charge < -0.3 is 20.5 Å². The van der Waals surface area contributed by atoms with Gasteiger partial charge in [0, 0.05) is 37.8 Å². The third-order valence-electron chi connectivity index (χ3n) is 3.26. The fraction of sp³-hybridized carbons (Fsp3) is 0.692. The topological polar surface area (TPSA) is 87.7 Å². The predicted octanol–water partition coefficient (Wildman–Crippen LogP) is 1.09. The third kappa shape index (κ3) is 5.42. The van der Waals surface area contributed by atoms with Crippen LogP contribution < -0.4 is 10.6 Å². The molecule has 0 aromatic rings. The lowest BCUT2D eigenvalue weighted by Crippen LogP contribution is -2.49. The fourth-order valence-electron chi connectivity index (χ4n) is 1.94. The molecule has 0 unspecified atom stereocenters. The van der Waals surface area contributed by atoms with Crippen molar-refractivity contribution in [2.75, 3.05) is 37.8 Å². The fourth-order valence-corrected chi connectivity index (χ4v) is 2.52. The number of thioether (sulfide) groups is 1. The van der Waals surface area contributed by atoms with Crippen molar-refractivity contribution >= 4 is 23.8 Å². The molecule has 2 amide bonds. The maximum atomic E-state index is 11.6. The predicted molar refractivity (Wildman–Crippen MR) is 79.0 cm³/mol. The first-order valence-corrected chi connectivity index (χ1v) is 7.78. The summed E-state index contributed by atoms with van der Waals surface area (Å²) in [6, 6.07) is -0.323. The molecule has 3 N–H and O–H groups in total. The standard InChI is InChI=1S/C13H22N2O4S/c1-2-8-20-9-5-14-12(18)15-10-13(11(16)17)3-6-19-7-4-13/h2H,1,3-10H2,(H,16,17)(H2,14,15,18). The molecular formula is C13H22N2O4S. The third-order valence-corrected chi connectivity index (χ3v) is 4.22. The van der Waals surface area contributed by atoms with E-state index in [0.29, 0.717) is 32.6 Å². The van der Waals surface area contributed by atoms with E-state index in [-0.39, 0.29) is 12.6 Å². The Kier molecular flexibility index (Phi) is 7.46. The number of amides is 2. The van der Waals surface area contributed by atoms with Crippen molar-refractivity contribution < 1.29 is 19.4 Å². The minimum atomic E-state index is -0.896. The van der Waals surface area contributed by atoms with Crippen LogP contribution in [0.25, 0.3) is 0 Å². The smallest absolute Gasteiger partial charge is 0.314 e. The highest BCUT2D eigenvalue weighted by molar-refractivity contribution is 7.99. The average molecular weight is 302 g/mol. The summed E-state index contributed by atoms with van der Waals surface area (Å²) in [5, 5.41) is 14.7. The Morgan fingerprint density at radius 2 is 2.05 bits per heavy atom. The van der Waals surface area contributed by atoms with Gasteiger partial charge in [-0.3, -0.25) is 4.79 Å². The highest BCUT2D eigenvalue weighted by Crippen LogP contribution is 2.29. The Labute approximate surface area is 123 Å². The molecule has 1 aliphatic rings. The monoisotopic (exact) mass is 302 g/mol. The number of urea groups is 1. The number of aliphatic carboxylic acids is 1. The van der Waals surface area contributed by atoms with Crippen LogP contribution in [-0.4, -0.2) is 54.9 Å². The summed E-state index contributed by atoms with van der Waals surface area (Å²) < 4.78 is 5.18. The van der Waals surface area contributed by atoms with E-state index in [4.69, 9.17) is 4.74 Å². The minimum absolute atomic E-state index is 0.136. The molecule has 6 nitrogen and oxygen atoms in total. The molecule has 0 aliphatic carbocycles. The second kappa shape index (κ2) is 8.86. The molecule has 0 radical (unpaired) electrons. The minimum Gasteiger partial charge on any atom is -0.481 e. The first kappa shape index (κ1) is 16.8. The zero-order valence-electron chi connectivity index (χ0n) is 11.5. The normalized spacial score (nSPS) is 17.2. The van der Waals surface area contributed by atoms with Crippen LogP contribution in [0.4, 0.5) is 4.79 Å². The number of ether oxygens (including phenoxy) is 1. The number of carboxylic acids is 1. The van der Waals surface area contributed by atoms with E-state index in [1.54, 1.807) is 11.8 Å². The van der Waals surface area contributed by atoms with Gasteiger partial charge in [0.25, 0.3) is 0 Å². The summed E-state index contributed by atoms with van der Waals surface area (Å²) in [4.78, 5) is 23.0. The SMILES string of the molecule is C=CCSCCNC(=O)NCC1(C(=O)O)CCOCC1. The van der Waals surface area contributed by atoms with Crippen LogP contribution >= 0.6 is 11.8 Å². The molecule has 0 saturated carbocycles. The van der Waals surface area contributed by atoms with E-state index in [9.17, 15) is 14.7 Å². The zero-order valence-corrected chi connectivity index (χ0v) is 12.3. The summed E-state index contributed by atoms with van der Waals surface area (Å²) >= 11 is 1.67. The maximum absolute atomic E-state index is 11.6. The van der Waals surface area contributed by atoms with Crippen molar-refractivity contribution in [3.05, 3.63) is 12.7 Å². The van der Waals surface area contributed by atoms with Gasteiger partial charge in [-0.05, 0) is 12.8 Å². The number of carboxylic acid groups (broad SMARTS) is 1. The molecule has 0 aromatic heterocycles. The lowest BCUT2D eigenvalue weighted by molar-refractivity contribution is -0.154. The molecule has 0 aromatic carbocycles. The van der Waals surface area contributed by atoms with Crippen molar-refractivity contribution in [1.82, 2.24) is 10.6 Å². The lowest BCUT2D eigenvalue weighted by Gasteiger charge is -2.33. The second-order valence-corrected chi connectivity index (χ2v) is 5.82. The summed E-state index contributed by atoms with van der Waals surface area (Å²) in [5.41, 5.74) is -0.896. The van der Waals surface area contributed by atoms with Gasteiger partial charge in [-0.15, -0.1) is 6.58 Å². The van der Waals surface area contributed by atoms with Gasteiger partial charge in [0.15, 0.2) is 0 Å². The van der Waals surface area contributed by atoms with Crippen molar-refractivity contribution in [2.24, 2.45) is 5.41 Å². The zero-order chi connectivity index (χ0) is 14.8. The highest BCUT2D eigenvalue weighted by Gasteiger charge is 2.40. The number of carbonyl (C=O) groups excluding carboxylic acids is 1. The summed E-state index contributed by atoms with van der Waals surface area (Å²) in [7, 11) is 0. The van der Waals surface area contributed by atoms with E-state index < -0.39 is 11.4 Å². The molecule has 0 bridgehead atoms. The largest absolute Gasteiger partial charge is 0.481 e. The molecular weight excluding hydrogens is 280 g/mol. The van der Waals surface area contributed by atoms with Crippen LogP contribution in [0.15, 0.2) is 12.7 Å². The highest BCUT2D eigenvalue weighted by atomic mass is 32.2. The molecule has 0 atom stereocenters. The maximum Gasteiger partial charge on any atom is 0.314 e. The van der Waals surface area contributed by atoms with Gasteiger partial charge in [-0.25, -0.2) is 4.79 Å². The molecule has 114 valence electrons. The molecule has 20 heavy (non-hydrogen) atoms. The number of hydrogen-bond donors (Lipinski definition) is 3. The molecule has 7 heteroatoms. The molecule has 0 spiro atoms. The quantitative estimate of drug-likeness (QED) is 0.461. The number of rotatable bonds is 8. The number of carbonyl (C=O) groups is 2. The van der Waals surface area contributed by atoms with Gasteiger partial charge in [0.1, 0.15) is 0 Å². The van der Waals surface area contributed by atoms with Crippen LogP contribution in [0.2, 0.25) is 0 Å². The summed E-state index contributed by atoms with van der Waals surface area (Å²) in [6.45, 7) is 5.15. The van der Waals surface area contributed by atoms with Crippen LogP contribution in [-0.2, 0) is 9.53 Å². The average Bonchev–Trinajstić information content (AvgIpc) is 2.46. The first-order chi connectivity index (χ1) is 9.60. The molecule has 1 fully saturated rings. The molecule has 1 rings (SSSR count). The Hall–Kier alpha value is -1.21. The van der Waals surface area contributed by atoms with Crippen molar-refractivity contribution in [1.29, 1.82) is 0 Å². The van der Waals surface area contributed by atoms with Gasteiger partial charge >= 0.3 is 12.0 Å². The van der Waals surface area contributed by atoms with Crippen molar-refractivity contribution in [3.63, 3.8) is 0 Å². The van der Waals surface area contributed by atoms with E-state index in [1.165, 1.54) is 0 Å². The molecule has 1 aliphatic heterocycles. The molecule has 1 heterocycles. The van der Waals surface area contributed by atoms with Crippen LogP contribution in [0.5, 0.6) is 0 Å². The first-order valence-electron chi connectivity index (χ1n) is 6.62. The Balaban J connectivity index is 2.27. The van der Waals surface area contributed by atoms with Crippen LogP contribution in [0.1, 0.15) is 12.8 Å². The van der Waals surface area contributed by atoms with E-state index in [2.05, 4.69) is 17.2 Å². The Morgan fingerprint density at radius 3 is 2.65 bits per heavy atom. The van der Waals surface area contributed by atoms with Gasteiger partial charge in [-0.1, -0.05) is 6.08 Å². The van der Waals surface area contributed by atoms with E-state index >= 15 is 0 Å². The van der Waals surface area contributed by atoms with Crippen LogP contribution in [0, 0.1) is 5.41 Å². The number of nitrogens with one attached hydrogen (secondary N) is 2. The summed E-state index contributed by atoms with van der Waals surface area (Å²) in [6.07, 6.45) is 2.67. The Morgan fingerprint density at radius 1 is 1.35 bits per heavy atom. The van der Waals surface area contributed by atoms with Gasteiger partial charge in [0.2, 0.25) is 0 Å². The van der Waals surface area contributed by atoms with Gasteiger partial charge in [0.05, 0.1) is 5.41 Å². The second-order valence-electron chi connectivity index (χ2n) is 4.67.